The molecule has 0 amide bonds. The second-order valence-corrected chi connectivity index (χ2v) is 7.80. The first kappa shape index (κ1) is 21.3. The van der Waals surface area contributed by atoms with Crippen molar-refractivity contribution in [2.45, 2.75) is 44.9 Å². The van der Waals surface area contributed by atoms with Gasteiger partial charge in [-0.25, -0.2) is 17.8 Å². The largest absolute Gasteiger partial charge is 0.435 e. The Kier molecular flexibility index (Phi) is 5.94. The van der Waals surface area contributed by atoms with Crippen LogP contribution in [-0.2, 0) is 22.7 Å². The number of halogens is 5. The monoisotopic (exact) mass is 415 g/mol. The summed E-state index contributed by atoms with van der Waals surface area (Å²) >= 11 is 0. The molecule has 2 heterocycles. The van der Waals surface area contributed by atoms with E-state index in [9.17, 15) is 30.4 Å². The first-order valence-electron chi connectivity index (χ1n) is 7.77. The van der Waals surface area contributed by atoms with Crippen molar-refractivity contribution >= 4 is 10.0 Å². The lowest BCUT2D eigenvalue weighted by molar-refractivity contribution is -0.141. The number of nitrogens with zero attached hydrogens (tertiary/aromatic N) is 4. The number of aryl methyl sites for hydroxylation is 1. The van der Waals surface area contributed by atoms with Crippen molar-refractivity contribution in [1.82, 2.24) is 24.3 Å². The number of aromatic nitrogens is 4. The van der Waals surface area contributed by atoms with Gasteiger partial charge in [0.1, 0.15) is 4.90 Å². The minimum atomic E-state index is -4.56. The Hall–Kier alpha value is -2.02. The van der Waals surface area contributed by atoms with E-state index in [2.05, 4.69) is 14.9 Å². The van der Waals surface area contributed by atoms with E-state index in [1.54, 1.807) is 6.92 Å². The molecule has 27 heavy (non-hydrogen) atoms. The third kappa shape index (κ3) is 4.83. The van der Waals surface area contributed by atoms with E-state index in [4.69, 9.17) is 0 Å². The first-order chi connectivity index (χ1) is 12.3. The highest BCUT2D eigenvalue weighted by atomic mass is 32.2. The SMILES string of the molecule is Cc1nn(C(F)F)c(C)c1S(=O)(=O)NC[C@@H](C)Cn1ccc(C(F)(F)F)n1. The van der Waals surface area contributed by atoms with Gasteiger partial charge in [-0.2, -0.15) is 32.1 Å². The van der Waals surface area contributed by atoms with E-state index in [1.807, 2.05) is 0 Å². The highest BCUT2D eigenvalue weighted by Crippen LogP contribution is 2.27. The summed E-state index contributed by atoms with van der Waals surface area (Å²) in [4.78, 5) is -0.339. The smallest absolute Gasteiger partial charge is 0.272 e. The molecule has 0 aromatic carbocycles. The fourth-order valence-corrected chi connectivity index (χ4v) is 4.11. The van der Waals surface area contributed by atoms with E-state index in [1.165, 1.54) is 13.8 Å². The molecule has 0 saturated heterocycles. The summed E-state index contributed by atoms with van der Waals surface area (Å²) in [5.41, 5.74) is -1.32. The molecule has 1 atom stereocenters. The summed E-state index contributed by atoms with van der Waals surface area (Å²) in [5, 5.41) is 6.92. The van der Waals surface area contributed by atoms with Crippen LogP contribution in [0.1, 0.15) is 30.6 Å². The fourth-order valence-electron chi connectivity index (χ4n) is 2.55. The van der Waals surface area contributed by atoms with Crippen LogP contribution in [0.25, 0.3) is 0 Å². The van der Waals surface area contributed by atoms with Gasteiger partial charge in [-0.1, -0.05) is 6.92 Å². The van der Waals surface area contributed by atoms with Crippen molar-refractivity contribution in [3.8, 4) is 0 Å². The van der Waals surface area contributed by atoms with Gasteiger partial charge in [0.15, 0.2) is 5.69 Å². The van der Waals surface area contributed by atoms with Crippen LogP contribution in [0.3, 0.4) is 0 Å². The molecule has 0 radical (unpaired) electrons. The van der Waals surface area contributed by atoms with Gasteiger partial charge in [-0.05, 0) is 25.8 Å². The lowest BCUT2D eigenvalue weighted by Gasteiger charge is -2.13. The topological polar surface area (TPSA) is 81.8 Å². The molecule has 2 aromatic rings. The Morgan fingerprint density at radius 1 is 1.22 bits per heavy atom. The van der Waals surface area contributed by atoms with Gasteiger partial charge in [0.05, 0.1) is 11.4 Å². The van der Waals surface area contributed by atoms with Crippen LogP contribution in [0.15, 0.2) is 17.2 Å². The second-order valence-electron chi connectivity index (χ2n) is 6.10. The van der Waals surface area contributed by atoms with Gasteiger partial charge in [-0.15, -0.1) is 0 Å². The molecule has 0 aliphatic rings. The third-order valence-electron chi connectivity index (χ3n) is 3.76. The molecule has 0 unspecified atom stereocenters. The average Bonchev–Trinajstić information content (AvgIpc) is 3.10. The average molecular weight is 415 g/mol. The summed E-state index contributed by atoms with van der Waals surface area (Å²) in [5.74, 6) is -0.411. The summed E-state index contributed by atoms with van der Waals surface area (Å²) in [6.45, 7) is 1.06. The highest BCUT2D eigenvalue weighted by Gasteiger charge is 2.33. The van der Waals surface area contributed by atoms with Gasteiger partial charge in [-0.3, -0.25) is 4.68 Å². The van der Waals surface area contributed by atoms with Crippen LogP contribution < -0.4 is 4.72 Å². The molecule has 0 bridgehead atoms. The Balaban J connectivity index is 2.06. The summed E-state index contributed by atoms with van der Waals surface area (Å²) < 4.78 is 91.8. The normalized spacial score (nSPS) is 14.1. The molecule has 0 saturated carbocycles. The number of nitrogens with one attached hydrogen (secondary N) is 1. The molecule has 7 nitrogen and oxygen atoms in total. The van der Waals surface area contributed by atoms with Crippen LogP contribution in [-0.4, -0.2) is 34.5 Å². The molecular weight excluding hydrogens is 397 g/mol. The standard InChI is InChI=1S/C14H18F5N5O2S/c1-8(7-23-5-4-11(22-23)14(17,18)19)6-20-27(25,26)12-9(2)21-24(10(12)3)13(15)16/h4-5,8,13,20H,6-7H2,1-3H3/t8-/m1/s1. The van der Waals surface area contributed by atoms with Crippen molar-refractivity contribution in [3.63, 3.8) is 0 Å². The van der Waals surface area contributed by atoms with Crippen LogP contribution >= 0.6 is 0 Å². The quantitative estimate of drug-likeness (QED) is 0.705. The van der Waals surface area contributed by atoms with E-state index < -0.39 is 34.4 Å². The third-order valence-corrected chi connectivity index (χ3v) is 5.44. The number of hydrogen-bond acceptors (Lipinski definition) is 4. The Morgan fingerprint density at radius 3 is 2.33 bits per heavy atom. The molecule has 2 rings (SSSR count). The van der Waals surface area contributed by atoms with Gasteiger partial charge < -0.3 is 0 Å². The van der Waals surface area contributed by atoms with E-state index in [0.29, 0.717) is 4.68 Å². The molecule has 13 heteroatoms. The van der Waals surface area contributed by atoms with Crippen molar-refractivity contribution in [2.75, 3.05) is 6.54 Å². The number of alkyl halides is 5. The molecule has 152 valence electrons. The van der Waals surface area contributed by atoms with Crippen molar-refractivity contribution in [1.29, 1.82) is 0 Å². The number of hydrogen-bond donors (Lipinski definition) is 1. The van der Waals surface area contributed by atoms with Crippen LogP contribution in [0, 0.1) is 19.8 Å². The first-order valence-corrected chi connectivity index (χ1v) is 9.25. The highest BCUT2D eigenvalue weighted by molar-refractivity contribution is 7.89. The number of rotatable bonds is 7. The van der Waals surface area contributed by atoms with E-state index in [-0.39, 0.29) is 29.4 Å². The van der Waals surface area contributed by atoms with Crippen molar-refractivity contribution < 1.29 is 30.4 Å². The summed E-state index contributed by atoms with van der Waals surface area (Å²) in [6, 6.07) is 0.822. The van der Waals surface area contributed by atoms with E-state index in [0.717, 1.165) is 16.9 Å². The lowest BCUT2D eigenvalue weighted by Crippen LogP contribution is -2.31. The van der Waals surface area contributed by atoms with Crippen molar-refractivity contribution in [2.24, 2.45) is 5.92 Å². The molecule has 0 aliphatic carbocycles. The van der Waals surface area contributed by atoms with Gasteiger partial charge in [0.2, 0.25) is 10.0 Å². The Labute approximate surface area is 152 Å². The molecule has 0 fully saturated rings. The van der Waals surface area contributed by atoms with Gasteiger partial charge in [0.25, 0.3) is 0 Å². The molecular formula is C14H18F5N5O2S. The van der Waals surface area contributed by atoms with Crippen LogP contribution in [0.2, 0.25) is 0 Å². The van der Waals surface area contributed by atoms with Gasteiger partial charge in [0, 0.05) is 19.3 Å². The molecule has 0 aliphatic heterocycles. The Bertz CT molecular complexity index is 904. The minimum absolute atomic E-state index is 0.0346. The summed E-state index contributed by atoms with van der Waals surface area (Å²) in [7, 11) is -4.12. The zero-order valence-corrected chi connectivity index (χ0v) is 15.4. The fraction of sp³-hybridized carbons (Fsp3) is 0.571. The maximum atomic E-state index is 12.8. The zero-order chi connectivity index (χ0) is 20.6. The predicted molar refractivity (Wildman–Crippen MR) is 84.5 cm³/mol. The minimum Gasteiger partial charge on any atom is -0.272 e. The van der Waals surface area contributed by atoms with Gasteiger partial charge >= 0.3 is 12.7 Å². The number of sulfonamides is 1. The maximum Gasteiger partial charge on any atom is 0.435 e. The predicted octanol–water partition coefficient (Wildman–Crippen LogP) is 2.72. The second kappa shape index (κ2) is 7.54. The molecule has 2 aromatic heterocycles. The van der Waals surface area contributed by atoms with E-state index >= 15 is 0 Å². The zero-order valence-electron chi connectivity index (χ0n) is 14.6. The van der Waals surface area contributed by atoms with Crippen LogP contribution in [0.4, 0.5) is 22.0 Å². The summed E-state index contributed by atoms with van der Waals surface area (Å²) in [6.07, 6.45) is -3.41. The van der Waals surface area contributed by atoms with Crippen LogP contribution in [0.5, 0.6) is 0 Å². The lowest BCUT2D eigenvalue weighted by atomic mass is 10.2. The Morgan fingerprint density at radius 2 is 1.85 bits per heavy atom. The van der Waals surface area contributed by atoms with Crippen molar-refractivity contribution in [3.05, 3.63) is 29.3 Å². The molecule has 0 spiro atoms. The maximum absolute atomic E-state index is 12.8. The molecule has 1 N–H and O–H groups in total.